The van der Waals surface area contributed by atoms with Crippen molar-refractivity contribution in [1.82, 2.24) is 10.4 Å². The van der Waals surface area contributed by atoms with Crippen LogP contribution in [0.3, 0.4) is 0 Å². The van der Waals surface area contributed by atoms with Crippen LogP contribution in [-0.4, -0.2) is 16.6 Å². The number of H-pyrrole nitrogens is 1. The first-order chi connectivity index (χ1) is 12.4. The van der Waals surface area contributed by atoms with Crippen molar-refractivity contribution in [1.29, 1.82) is 0 Å². The molecule has 1 heterocycles. The number of hydrogen-bond acceptors (Lipinski definition) is 5. The number of carbonyl (C=O) groups is 1. The highest BCUT2D eigenvalue weighted by Crippen LogP contribution is 2.19. The molecule has 0 atom stereocenters. The summed E-state index contributed by atoms with van der Waals surface area (Å²) in [5.41, 5.74) is 18.1. The van der Waals surface area contributed by atoms with Gasteiger partial charge in [-0.3, -0.25) is 10.2 Å². The van der Waals surface area contributed by atoms with Gasteiger partial charge in [-0.1, -0.05) is 12.6 Å². The number of hydrazone groups is 1. The topological polar surface area (TPSA) is 121 Å². The van der Waals surface area contributed by atoms with Crippen molar-refractivity contribution in [2.24, 2.45) is 10.8 Å². The van der Waals surface area contributed by atoms with Crippen LogP contribution in [0, 0.1) is 0 Å². The van der Waals surface area contributed by atoms with E-state index >= 15 is 0 Å². The van der Waals surface area contributed by atoms with Crippen molar-refractivity contribution in [3.8, 4) is 0 Å². The van der Waals surface area contributed by atoms with E-state index in [2.05, 4.69) is 27.4 Å². The number of nitrogens with one attached hydrogen (secondary N) is 3. The number of aromatic nitrogens is 1. The number of fused-ring (bicyclic) bond motifs is 1. The maximum atomic E-state index is 12.4. The molecule has 0 radical (unpaired) electrons. The second-order valence-corrected chi connectivity index (χ2v) is 5.90. The molecule has 0 unspecified atom stereocenters. The Morgan fingerprint density at radius 1 is 1.15 bits per heavy atom. The summed E-state index contributed by atoms with van der Waals surface area (Å²) >= 11 is 0. The number of benzene rings is 2. The van der Waals surface area contributed by atoms with Gasteiger partial charge < -0.3 is 21.8 Å². The lowest BCUT2D eigenvalue weighted by atomic mass is 10.1. The van der Waals surface area contributed by atoms with Gasteiger partial charge in [0, 0.05) is 22.3 Å². The van der Waals surface area contributed by atoms with Crippen molar-refractivity contribution in [3.05, 3.63) is 72.2 Å². The Hall–Kier alpha value is -3.74. The SMILES string of the molecule is C=C(N)N/N=C(/C)c1ccc2[nH]c(C(=O)Nc3ccc(N)cc3)cc2c1. The van der Waals surface area contributed by atoms with Gasteiger partial charge in [0.2, 0.25) is 0 Å². The molecule has 0 aliphatic rings. The number of aromatic amines is 1. The number of nitrogen functional groups attached to an aromatic ring is 1. The first-order valence-corrected chi connectivity index (χ1v) is 7.97. The Kier molecular flexibility index (Phi) is 4.62. The fourth-order valence-corrected chi connectivity index (χ4v) is 2.47. The second kappa shape index (κ2) is 7.02. The number of nitrogens with zero attached hydrogens (tertiary/aromatic N) is 1. The Labute approximate surface area is 150 Å². The molecule has 0 bridgehead atoms. The van der Waals surface area contributed by atoms with Gasteiger partial charge in [0.15, 0.2) is 0 Å². The van der Waals surface area contributed by atoms with Crippen LogP contribution < -0.4 is 22.2 Å². The number of hydrogen-bond donors (Lipinski definition) is 5. The molecule has 7 nitrogen and oxygen atoms in total. The fourth-order valence-electron chi connectivity index (χ4n) is 2.47. The average molecular weight is 348 g/mol. The molecular formula is C19H20N6O. The molecule has 7 heteroatoms. The summed E-state index contributed by atoms with van der Waals surface area (Å²) in [7, 11) is 0. The minimum Gasteiger partial charge on any atom is -0.399 e. The Morgan fingerprint density at radius 2 is 1.88 bits per heavy atom. The molecule has 0 saturated heterocycles. The van der Waals surface area contributed by atoms with Crippen LogP contribution in [0.2, 0.25) is 0 Å². The standard InChI is InChI=1S/C19H20N6O/c1-11(24-25-12(2)20)13-3-8-17-14(9-13)10-18(23-17)19(26)22-16-6-4-15(21)5-7-16/h3-10,23,25H,2,20-21H2,1H3,(H,22,26)/b24-11-. The number of anilines is 2. The quantitative estimate of drug-likeness (QED) is 0.276. The predicted octanol–water partition coefficient (Wildman–Crippen LogP) is 2.75. The summed E-state index contributed by atoms with van der Waals surface area (Å²) in [6.07, 6.45) is 0. The zero-order chi connectivity index (χ0) is 18.7. The number of carbonyl (C=O) groups excluding carboxylic acids is 1. The Bertz CT molecular complexity index is 1000. The summed E-state index contributed by atoms with van der Waals surface area (Å²) in [6, 6.07) is 14.6. The molecule has 132 valence electrons. The molecule has 7 N–H and O–H groups in total. The lowest BCUT2D eigenvalue weighted by molar-refractivity contribution is 0.102. The minimum atomic E-state index is -0.223. The highest BCUT2D eigenvalue weighted by Gasteiger charge is 2.11. The van der Waals surface area contributed by atoms with Gasteiger partial charge in [-0.25, -0.2) is 0 Å². The van der Waals surface area contributed by atoms with Crippen LogP contribution >= 0.6 is 0 Å². The van der Waals surface area contributed by atoms with E-state index in [4.69, 9.17) is 11.5 Å². The third-order valence-electron chi connectivity index (χ3n) is 3.82. The minimum absolute atomic E-state index is 0.223. The normalized spacial score (nSPS) is 11.3. The Balaban J connectivity index is 1.82. The molecular weight excluding hydrogens is 328 g/mol. The van der Waals surface area contributed by atoms with Crippen molar-refractivity contribution in [3.63, 3.8) is 0 Å². The van der Waals surface area contributed by atoms with Crippen LogP contribution in [0.25, 0.3) is 10.9 Å². The van der Waals surface area contributed by atoms with E-state index in [-0.39, 0.29) is 11.7 Å². The molecule has 2 aromatic carbocycles. The summed E-state index contributed by atoms with van der Waals surface area (Å²) in [5, 5.41) is 7.89. The molecule has 0 saturated carbocycles. The van der Waals surface area contributed by atoms with E-state index in [9.17, 15) is 4.79 Å². The highest BCUT2D eigenvalue weighted by molar-refractivity contribution is 6.07. The third kappa shape index (κ3) is 3.84. The number of rotatable bonds is 5. The van der Waals surface area contributed by atoms with Crippen LogP contribution in [0.15, 0.2) is 66.0 Å². The molecule has 1 amide bonds. The van der Waals surface area contributed by atoms with Gasteiger partial charge >= 0.3 is 0 Å². The van der Waals surface area contributed by atoms with E-state index in [1.54, 1.807) is 30.3 Å². The summed E-state index contributed by atoms with van der Waals surface area (Å²) < 4.78 is 0. The molecule has 3 aromatic rings. The molecule has 0 spiro atoms. The van der Waals surface area contributed by atoms with Crippen LogP contribution in [0.1, 0.15) is 23.0 Å². The van der Waals surface area contributed by atoms with E-state index in [1.165, 1.54) is 0 Å². The van der Waals surface area contributed by atoms with Crippen LogP contribution in [0.5, 0.6) is 0 Å². The number of nitrogens with two attached hydrogens (primary N) is 2. The molecule has 0 aliphatic carbocycles. The van der Waals surface area contributed by atoms with Gasteiger partial charge in [0.05, 0.1) is 5.71 Å². The van der Waals surface area contributed by atoms with E-state index in [0.29, 0.717) is 17.1 Å². The van der Waals surface area contributed by atoms with E-state index in [0.717, 1.165) is 22.2 Å². The van der Waals surface area contributed by atoms with Crippen molar-refractivity contribution >= 4 is 33.9 Å². The van der Waals surface area contributed by atoms with E-state index in [1.807, 2.05) is 25.1 Å². The first-order valence-electron chi connectivity index (χ1n) is 7.97. The van der Waals surface area contributed by atoms with Crippen molar-refractivity contribution in [2.75, 3.05) is 11.1 Å². The lowest BCUT2D eigenvalue weighted by Crippen LogP contribution is -2.14. The summed E-state index contributed by atoms with van der Waals surface area (Å²) in [6.45, 7) is 5.40. The molecule has 1 aromatic heterocycles. The zero-order valence-corrected chi connectivity index (χ0v) is 14.3. The van der Waals surface area contributed by atoms with Gasteiger partial charge in [0.25, 0.3) is 5.91 Å². The van der Waals surface area contributed by atoms with Gasteiger partial charge in [0.1, 0.15) is 11.5 Å². The lowest BCUT2D eigenvalue weighted by Gasteiger charge is -2.03. The first kappa shape index (κ1) is 17.1. The van der Waals surface area contributed by atoms with Crippen LogP contribution in [-0.2, 0) is 0 Å². The smallest absolute Gasteiger partial charge is 0.272 e. The maximum absolute atomic E-state index is 12.4. The van der Waals surface area contributed by atoms with Gasteiger partial charge in [-0.2, -0.15) is 5.10 Å². The summed E-state index contributed by atoms with van der Waals surface area (Å²) in [5.74, 6) is 0.0488. The number of amides is 1. The van der Waals surface area contributed by atoms with Gasteiger partial charge in [-0.15, -0.1) is 0 Å². The third-order valence-corrected chi connectivity index (χ3v) is 3.82. The maximum Gasteiger partial charge on any atom is 0.272 e. The van der Waals surface area contributed by atoms with Crippen LogP contribution in [0.4, 0.5) is 11.4 Å². The molecule has 3 rings (SSSR count). The monoisotopic (exact) mass is 348 g/mol. The largest absolute Gasteiger partial charge is 0.399 e. The predicted molar refractivity (Wildman–Crippen MR) is 106 cm³/mol. The average Bonchev–Trinajstić information content (AvgIpc) is 3.05. The van der Waals surface area contributed by atoms with Crippen molar-refractivity contribution in [2.45, 2.75) is 6.92 Å². The molecule has 0 fully saturated rings. The Morgan fingerprint density at radius 3 is 2.58 bits per heavy atom. The summed E-state index contributed by atoms with van der Waals surface area (Å²) in [4.78, 5) is 15.6. The van der Waals surface area contributed by atoms with E-state index < -0.39 is 0 Å². The van der Waals surface area contributed by atoms with Gasteiger partial charge in [-0.05, 0) is 55.0 Å². The second-order valence-electron chi connectivity index (χ2n) is 5.90. The fraction of sp³-hybridized carbons (Fsp3) is 0.0526. The molecule has 0 aliphatic heterocycles. The van der Waals surface area contributed by atoms with Crippen molar-refractivity contribution < 1.29 is 4.79 Å². The molecule has 26 heavy (non-hydrogen) atoms. The zero-order valence-electron chi connectivity index (χ0n) is 14.3. The highest BCUT2D eigenvalue weighted by atomic mass is 16.1.